The van der Waals surface area contributed by atoms with E-state index in [2.05, 4.69) is 0 Å². The van der Waals surface area contributed by atoms with E-state index in [1.165, 1.54) is 7.11 Å². The molecule has 1 aromatic rings. The zero-order chi connectivity index (χ0) is 12.2. The maximum Gasteiger partial charge on any atom is 0.145 e. The van der Waals surface area contributed by atoms with Gasteiger partial charge in [0.15, 0.2) is 0 Å². The van der Waals surface area contributed by atoms with Crippen LogP contribution in [0.15, 0.2) is 18.2 Å². The maximum atomic E-state index is 8.89. The van der Waals surface area contributed by atoms with Crippen LogP contribution in [0, 0.1) is 28.1 Å². The lowest BCUT2D eigenvalue weighted by molar-refractivity contribution is 0.414. The van der Waals surface area contributed by atoms with Gasteiger partial charge in [-0.3, -0.25) is 0 Å². The zero-order valence-corrected chi connectivity index (χ0v) is 9.88. The molecule has 0 N–H and O–H groups in total. The topological polar surface area (TPSA) is 56.8 Å². The van der Waals surface area contributed by atoms with Crippen molar-refractivity contribution in [1.29, 1.82) is 10.5 Å². The number of rotatable bonds is 3. The van der Waals surface area contributed by atoms with Gasteiger partial charge >= 0.3 is 0 Å². The molecule has 0 aromatic heterocycles. The molecule has 1 aromatic carbocycles. The van der Waals surface area contributed by atoms with Crippen LogP contribution < -0.4 is 4.74 Å². The van der Waals surface area contributed by atoms with Crippen LogP contribution in [0.4, 0.5) is 0 Å². The Labute approximate surface area is 99.8 Å². The van der Waals surface area contributed by atoms with E-state index in [-0.39, 0.29) is 0 Å². The quantitative estimate of drug-likeness (QED) is 0.808. The first-order chi connectivity index (χ1) is 7.54. The Morgan fingerprint density at radius 3 is 2.44 bits per heavy atom. The van der Waals surface area contributed by atoms with Crippen molar-refractivity contribution in [3.8, 4) is 17.9 Å². The van der Waals surface area contributed by atoms with E-state index in [0.29, 0.717) is 17.2 Å². The van der Waals surface area contributed by atoms with Gasteiger partial charge in [-0.25, -0.2) is 0 Å². The van der Waals surface area contributed by atoms with Crippen LogP contribution >= 0.6 is 11.6 Å². The molecule has 0 atom stereocenters. The number of methoxy groups -OCH3 is 1. The summed E-state index contributed by atoms with van der Waals surface area (Å²) in [5, 5.41) is 18.3. The lowest BCUT2D eigenvalue weighted by Gasteiger charge is -2.12. The second-order valence-corrected chi connectivity index (χ2v) is 4.11. The van der Waals surface area contributed by atoms with Crippen LogP contribution in [-0.2, 0) is 6.42 Å². The van der Waals surface area contributed by atoms with Crippen molar-refractivity contribution in [1.82, 2.24) is 0 Å². The van der Waals surface area contributed by atoms with Gasteiger partial charge in [0.05, 0.1) is 24.3 Å². The minimum atomic E-state index is -1.02. The Morgan fingerprint density at radius 1 is 1.38 bits per heavy atom. The molecule has 0 amide bonds. The smallest absolute Gasteiger partial charge is 0.145 e. The Balaban J connectivity index is 2.97. The number of hydrogen-bond acceptors (Lipinski definition) is 3. The molecule has 0 spiro atoms. The van der Waals surface area contributed by atoms with Crippen molar-refractivity contribution in [2.75, 3.05) is 7.11 Å². The number of benzene rings is 1. The van der Waals surface area contributed by atoms with Crippen LogP contribution in [0.25, 0.3) is 0 Å². The van der Waals surface area contributed by atoms with Crippen LogP contribution in [0.3, 0.4) is 0 Å². The van der Waals surface area contributed by atoms with Gasteiger partial charge in [-0.15, -0.1) is 0 Å². The average molecular weight is 235 g/mol. The van der Waals surface area contributed by atoms with E-state index < -0.39 is 5.41 Å². The van der Waals surface area contributed by atoms with Gasteiger partial charge in [-0.2, -0.15) is 10.5 Å². The summed E-state index contributed by atoms with van der Waals surface area (Å²) in [5.74, 6) is 0.584. The van der Waals surface area contributed by atoms with E-state index in [0.717, 1.165) is 5.56 Å². The van der Waals surface area contributed by atoms with Gasteiger partial charge in [0.1, 0.15) is 11.2 Å². The molecule has 0 heterocycles. The SMILES string of the molecule is COc1ccc(CC(C)(C#N)C#N)cc1Cl. The molecule has 0 saturated heterocycles. The lowest BCUT2D eigenvalue weighted by atomic mass is 9.87. The molecule has 3 nitrogen and oxygen atoms in total. The third kappa shape index (κ3) is 2.66. The Hall–Kier alpha value is -1.71. The lowest BCUT2D eigenvalue weighted by Crippen LogP contribution is -2.14. The van der Waals surface area contributed by atoms with Gasteiger partial charge < -0.3 is 4.74 Å². The molecule has 0 bridgehead atoms. The first-order valence-electron chi connectivity index (χ1n) is 4.69. The second-order valence-electron chi connectivity index (χ2n) is 3.70. The Kier molecular flexibility index (Phi) is 3.77. The molecular weight excluding hydrogens is 224 g/mol. The summed E-state index contributed by atoms with van der Waals surface area (Å²) in [6, 6.07) is 9.23. The minimum Gasteiger partial charge on any atom is -0.495 e. The molecule has 16 heavy (non-hydrogen) atoms. The van der Waals surface area contributed by atoms with E-state index in [1.54, 1.807) is 25.1 Å². The predicted octanol–water partition coefficient (Wildman–Crippen LogP) is 2.94. The maximum absolute atomic E-state index is 8.89. The highest BCUT2D eigenvalue weighted by Crippen LogP contribution is 2.28. The highest BCUT2D eigenvalue weighted by molar-refractivity contribution is 6.32. The van der Waals surface area contributed by atoms with Crippen molar-refractivity contribution in [2.45, 2.75) is 13.3 Å². The van der Waals surface area contributed by atoms with Crippen molar-refractivity contribution < 1.29 is 4.74 Å². The summed E-state index contributed by atoms with van der Waals surface area (Å²) in [4.78, 5) is 0. The molecule has 4 heteroatoms. The molecule has 0 aliphatic rings. The number of nitriles is 2. The molecule has 0 unspecified atom stereocenters. The van der Waals surface area contributed by atoms with Gasteiger partial charge in [0, 0.05) is 6.42 Å². The molecule has 0 saturated carbocycles. The number of hydrogen-bond donors (Lipinski definition) is 0. The van der Waals surface area contributed by atoms with Crippen molar-refractivity contribution >= 4 is 11.6 Å². The Morgan fingerprint density at radius 2 is 2.00 bits per heavy atom. The number of halogens is 1. The largest absolute Gasteiger partial charge is 0.495 e. The second kappa shape index (κ2) is 4.88. The van der Waals surface area contributed by atoms with E-state index >= 15 is 0 Å². The van der Waals surface area contributed by atoms with E-state index in [9.17, 15) is 0 Å². The molecule has 1 rings (SSSR count). The van der Waals surface area contributed by atoms with Crippen LogP contribution in [0.5, 0.6) is 5.75 Å². The van der Waals surface area contributed by atoms with Crippen molar-refractivity contribution in [3.63, 3.8) is 0 Å². The fraction of sp³-hybridized carbons (Fsp3) is 0.333. The van der Waals surface area contributed by atoms with E-state index in [4.69, 9.17) is 26.9 Å². The summed E-state index contributed by atoms with van der Waals surface area (Å²) in [7, 11) is 1.54. The summed E-state index contributed by atoms with van der Waals surface area (Å²) in [5.41, 5.74) is -0.172. The first-order valence-corrected chi connectivity index (χ1v) is 5.07. The third-order valence-corrected chi connectivity index (χ3v) is 2.56. The zero-order valence-electron chi connectivity index (χ0n) is 9.12. The van der Waals surface area contributed by atoms with Gasteiger partial charge in [0.25, 0.3) is 0 Å². The molecule has 0 radical (unpaired) electrons. The molecule has 0 fully saturated rings. The minimum absolute atomic E-state index is 0.351. The number of nitrogens with zero attached hydrogens (tertiary/aromatic N) is 2. The Bertz CT molecular complexity index is 457. The summed E-state index contributed by atoms with van der Waals surface area (Å²) in [6.45, 7) is 1.60. The fourth-order valence-electron chi connectivity index (χ4n) is 1.33. The van der Waals surface area contributed by atoms with Gasteiger partial charge in [0.2, 0.25) is 0 Å². The van der Waals surface area contributed by atoms with Gasteiger partial charge in [-0.05, 0) is 24.6 Å². The van der Waals surface area contributed by atoms with Crippen LogP contribution in [0.2, 0.25) is 5.02 Å². The molecular formula is C12H11ClN2O. The monoisotopic (exact) mass is 234 g/mol. The molecule has 0 aliphatic heterocycles. The van der Waals surface area contributed by atoms with Gasteiger partial charge in [-0.1, -0.05) is 17.7 Å². The first kappa shape index (κ1) is 12.4. The normalized spacial score (nSPS) is 10.3. The van der Waals surface area contributed by atoms with E-state index in [1.807, 2.05) is 12.1 Å². The molecule has 82 valence electrons. The summed E-state index contributed by atoms with van der Waals surface area (Å²) < 4.78 is 5.02. The van der Waals surface area contributed by atoms with Crippen molar-refractivity contribution in [2.24, 2.45) is 5.41 Å². The van der Waals surface area contributed by atoms with Crippen LogP contribution in [-0.4, -0.2) is 7.11 Å². The number of ether oxygens (including phenoxy) is 1. The highest BCUT2D eigenvalue weighted by atomic mass is 35.5. The average Bonchev–Trinajstić information content (AvgIpc) is 2.29. The predicted molar refractivity (Wildman–Crippen MR) is 61.0 cm³/mol. The highest BCUT2D eigenvalue weighted by Gasteiger charge is 2.23. The summed E-state index contributed by atoms with van der Waals surface area (Å²) in [6.07, 6.45) is 0.351. The fourth-order valence-corrected chi connectivity index (χ4v) is 1.61. The molecule has 0 aliphatic carbocycles. The van der Waals surface area contributed by atoms with Crippen molar-refractivity contribution in [3.05, 3.63) is 28.8 Å². The standard InChI is InChI=1S/C12H11ClN2O/c1-12(7-14,8-15)6-9-3-4-11(16-2)10(13)5-9/h3-5H,6H2,1-2H3. The van der Waals surface area contributed by atoms with Crippen LogP contribution in [0.1, 0.15) is 12.5 Å². The third-order valence-electron chi connectivity index (χ3n) is 2.27. The summed E-state index contributed by atoms with van der Waals surface area (Å²) >= 11 is 5.95.